The minimum atomic E-state index is -0.954. The maximum Gasteiger partial charge on any atom is 0.408 e. The summed E-state index contributed by atoms with van der Waals surface area (Å²) >= 11 is 0. The molecule has 1 aromatic heterocycles. The standard InChI is InChI=1S/C20H25N3O5/c1-19(2,3)27-17(24)14(23-18(25)28-20(4,5)6)9-12-7-8-13-15(10-12)26-16(11-21)22-13/h7-8,10,14H,9H2,1-6H3,(H,23,25)/t14-/m0/s1. The Morgan fingerprint density at radius 1 is 1.18 bits per heavy atom. The highest BCUT2D eigenvalue weighted by Crippen LogP contribution is 2.19. The fourth-order valence-corrected chi connectivity index (χ4v) is 2.40. The van der Waals surface area contributed by atoms with Gasteiger partial charge in [-0.15, -0.1) is 0 Å². The van der Waals surface area contributed by atoms with E-state index < -0.39 is 29.3 Å². The van der Waals surface area contributed by atoms with Gasteiger partial charge >= 0.3 is 18.0 Å². The third-order valence-corrected chi connectivity index (χ3v) is 3.37. The van der Waals surface area contributed by atoms with Crippen LogP contribution in [0.15, 0.2) is 22.6 Å². The van der Waals surface area contributed by atoms with Crippen LogP contribution in [-0.2, 0) is 20.7 Å². The van der Waals surface area contributed by atoms with Gasteiger partial charge < -0.3 is 19.2 Å². The van der Waals surface area contributed by atoms with Crippen LogP contribution in [0.3, 0.4) is 0 Å². The first-order valence-electron chi connectivity index (χ1n) is 8.88. The smallest absolute Gasteiger partial charge is 0.408 e. The van der Waals surface area contributed by atoms with Crippen molar-refractivity contribution >= 4 is 23.2 Å². The molecular formula is C20H25N3O5. The highest BCUT2D eigenvalue weighted by Gasteiger charge is 2.29. The van der Waals surface area contributed by atoms with E-state index in [4.69, 9.17) is 19.2 Å². The topological polar surface area (TPSA) is 114 Å². The van der Waals surface area contributed by atoms with E-state index in [1.54, 1.807) is 59.7 Å². The van der Waals surface area contributed by atoms with Crippen molar-refractivity contribution in [3.63, 3.8) is 0 Å². The average molecular weight is 387 g/mol. The molecule has 2 aromatic rings. The number of hydrogen-bond donors (Lipinski definition) is 1. The molecular weight excluding hydrogens is 362 g/mol. The number of benzene rings is 1. The Kier molecular flexibility index (Phi) is 5.98. The van der Waals surface area contributed by atoms with Gasteiger partial charge in [0, 0.05) is 6.42 Å². The zero-order valence-electron chi connectivity index (χ0n) is 17.0. The van der Waals surface area contributed by atoms with Crippen molar-refractivity contribution < 1.29 is 23.5 Å². The third-order valence-electron chi connectivity index (χ3n) is 3.37. The Labute approximate surface area is 163 Å². The molecule has 8 heteroatoms. The van der Waals surface area contributed by atoms with Crippen molar-refractivity contribution in [1.29, 1.82) is 5.26 Å². The first-order chi connectivity index (χ1) is 12.9. The second kappa shape index (κ2) is 7.89. The Bertz CT molecular complexity index is 913. The largest absolute Gasteiger partial charge is 0.458 e. The number of fused-ring (bicyclic) bond motifs is 1. The van der Waals surface area contributed by atoms with Gasteiger partial charge in [0.1, 0.15) is 22.8 Å². The van der Waals surface area contributed by atoms with Crippen LogP contribution < -0.4 is 5.32 Å². The molecule has 2 rings (SSSR count). The van der Waals surface area contributed by atoms with Crippen molar-refractivity contribution in [1.82, 2.24) is 10.3 Å². The molecule has 150 valence electrons. The van der Waals surface area contributed by atoms with E-state index in [-0.39, 0.29) is 12.3 Å². The Hall–Kier alpha value is -3.08. The molecule has 0 aliphatic carbocycles. The van der Waals surface area contributed by atoms with Gasteiger partial charge in [0.25, 0.3) is 0 Å². The number of nitriles is 1. The maximum atomic E-state index is 12.6. The molecule has 1 aromatic carbocycles. The van der Waals surface area contributed by atoms with Crippen LogP contribution in [0.1, 0.15) is 53.0 Å². The van der Waals surface area contributed by atoms with Crippen molar-refractivity contribution in [3.05, 3.63) is 29.7 Å². The zero-order chi connectivity index (χ0) is 21.1. The zero-order valence-corrected chi connectivity index (χ0v) is 17.0. The molecule has 28 heavy (non-hydrogen) atoms. The lowest BCUT2D eigenvalue weighted by molar-refractivity contribution is -0.157. The molecule has 1 amide bonds. The second-order valence-corrected chi connectivity index (χ2v) is 8.37. The van der Waals surface area contributed by atoms with Crippen LogP contribution in [0.2, 0.25) is 0 Å². The molecule has 1 N–H and O–H groups in total. The molecule has 1 heterocycles. The van der Waals surface area contributed by atoms with E-state index >= 15 is 0 Å². The van der Waals surface area contributed by atoms with Crippen LogP contribution in [0, 0.1) is 11.3 Å². The Morgan fingerprint density at radius 3 is 2.39 bits per heavy atom. The van der Waals surface area contributed by atoms with Gasteiger partial charge in [-0.1, -0.05) is 6.07 Å². The lowest BCUT2D eigenvalue weighted by atomic mass is 10.1. The summed E-state index contributed by atoms with van der Waals surface area (Å²) in [4.78, 5) is 28.8. The summed E-state index contributed by atoms with van der Waals surface area (Å²) in [5.41, 5.74) is 0.264. The predicted octanol–water partition coefficient (Wildman–Crippen LogP) is 3.48. The minimum absolute atomic E-state index is 0.0391. The number of oxazole rings is 1. The number of nitrogens with zero attached hydrogens (tertiary/aromatic N) is 2. The van der Waals surface area contributed by atoms with Crippen molar-refractivity contribution in [2.75, 3.05) is 0 Å². The van der Waals surface area contributed by atoms with Gasteiger partial charge in [0.05, 0.1) is 0 Å². The molecule has 0 unspecified atom stereocenters. The highest BCUT2D eigenvalue weighted by atomic mass is 16.6. The summed E-state index contributed by atoms with van der Waals surface area (Å²) in [5, 5.41) is 11.5. The normalized spacial score (nSPS) is 12.9. The van der Waals surface area contributed by atoms with Gasteiger partial charge in [-0.25, -0.2) is 9.59 Å². The van der Waals surface area contributed by atoms with E-state index in [1.165, 1.54) is 0 Å². The lowest BCUT2D eigenvalue weighted by Gasteiger charge is -2.26. The molecule has 0 radical (unpaired) electrons. The number of rotatable bonds is 4. The quantitative estimate of drug-likeness (QED) is 0.799. The summed E-state index contributed by atoms with van der Waals surface area (Å²) in [6.45, 7) is 10.5. The number of esters is 1. The predicted molar refractivity (Wildman–Crippen MR) is 101 cm³/mol. The average Bonchev–Trinajstić information content (AvgIpc) is 2.93. The van der Waals surface area contributed by atoms with Crippen LogP contribution in [0.25, 0.3) is 11.1 Å². The fourth-order valence-electron chi connectivity index (χ4n) is 2.40. The van der Waals surface area contributed by atoms with E-state index in [9.17, 15) is 9.59 Å². The highest BCUT2D eigenvalue weighted by molar-refractivity contribution is 5.82. The fraction of sp³-hybridized carbons (Fsp3) is 0.500. The Morgan fingerprint density at radius 2 is 1.82 bits per heavy atom. The van der Waals surface area contributed by atoms with Crippen molar-refractivity contribution in [3.8, 4) is 6.07 Å². The van der Waals surface area contributed by atoms with Crippen LogP contribution >= 0.6 is 0 Å². The monoisotopic (exact) mass is 387 g/mol. The van der Waals surface area contributed by atoms with Crippen molar-refractivity contribution in [2.45, 2.75) is 65.2 Å². The number of amides is 1. The third kappa shape index (κ3) is 6.27. The molecule has 0 fully saturated rings. The lowest BCUT2D eigenvalue weighted by Crippen LogP contribution is -2.47. The number of hydrogen-bond acceptors (Lipinski definition) is 7. The van der Waals surface area contributed by atoms with Gasteiger partial charge in [0.15, 0.2) is 11.7 Å². The second-order valence-electron chi connectivity index (χ2n) is 8.37. The van der Waals surface area contributed by atoms with Crippen molar-refractivity contribution in [2.24, 2.45) is 0 Å². The first-order valence-corrected chi connectivity index (χ1v) is 8.88. The van der Waals surface area contributed by atoms with Crippen LogP contribution in [0.5, 0.6) is 0 Å². The number of carbonyl (C=O) groups excluding carboxylic acids is 2. The van der Waals surface area contributed by atoms with E-state index in [2.05, 4.69) is 10.3 Å². The van der Waals surface area contributed by atoms with Gasteiger partial charge in [-0.2, -0.15) is 10.2 Å². The number of aromatic nitrogens is 1. The molecule has 0 spiro atoms. The van der Waals surface area contributed by atoms with Crippen LogP contribution in [0.4, 0.5) is 4.79 Å². The van der Waals surface area contributed by atoms with Gasteiger partial charge in [-0.3, -0.25) is 0 Å². The number of ether oxygens (including phenoxy) is 2. The van der Waals surface area contributed by atoms with E-state index in [1.807, 2.05) is 6.07 Å². The number of nitrogens with one attached hydrogen (secondary N) is 1. The van der Waals surface area contributed by atoms with Crippen LogP contribution in [-0.4, -0.2) is 34.3 Å². The molecule has 0 aliphatic heterocycles. The molecule has 8 nitrogen and oxygen atoms in total. The molecule has 0 aliphatic rings. The molecule has 0 bridgehead atoms. The summed E-state index contributed by atoms with van der Waals surface area (Å²) < 4.78 is 16.0. The SMILES string of the molecule is CC(C)(C)OC(=O)N[C@@H](Cc1ccc2nc(C#N)oc2c1)C(=O)OC(C)(C)C. The Balaban J connectivity index is 2.24. The van der Waals surface area contributed by atoms with E-state index in [0.29, 0.717) is 16.7 Å². The molecule has 1 atom stereocenters. The number of carbonyl (C=O) groups is 2. The van der Waals surface area contributed by atoms with Gasteiger partial charge in [-0.05, 0) is 59.2 Å². The maximum absolute atomic E-state index is 12.6. The molecule has 0 saturated carbocycles. The summed E-state index contributed by atoms with van der Waals surface area (Å²) in [6.07, 6.45) is -0.553. The minimum Gasteiger partial charge on any atom is -0.458 e. The molecule has 0 saturated heterocycles. The summed E-state index contributed by atoms with van der Waals surface area (Å²) in [5.74, 6) is -0.614. The first kappa shape index (κ1) is 21.2. The van der Waals surface area contributed by atoms with E-state index in [0.717, 1.165) is 0 Å². The number of alkyl carbamates (subject to hydrolysis) is 1. The summed E-state index contributed by atoms with van der Waals surface area (Å²) in [6, 6.07) is 6.01. The summed E-state index contributed by atoms with van der Waals surface area (Å²) in [7, 11) is 0. The van der Waals surface area contributed by atoms with Gasteiger partial charge in [0.2, 0.25) is 0 Å².